The van der Waals surface area contributed by atoms with Crippen LogP contribution in [0.1, 0.15) is 5.56 Å². The molecule has 0 saturated carbocycles. The Hall–Kier alpha value is -0.990. The van der Waals surface area contributed by atoms with Crippen molar-refractivity contribution in [3.05, 3.63) is 34.1 Å². The third kappa shape index (κ3) is 4.80. The summed E-state index contributed by atoms with van der Waals surface area (Å²) in [5.41, 5.74) is 0.388. The molecule has 0 saturated heterocycles. The minimum absolute atomic E-state index is 0.173. The molecule has 0 fully saturated rings. The average Bonchev–Trinajstić information content (AvgIpc) is 2.17. The SMILES string of the molecule is O=C(O)CS(=O)(=O)NCc1cc(F)ccc1Br. The Morgan fingerprint density at radius 2 is 2.12 bits per heavy atom. The van der Waals surface area contributed by atoms with E-state index in [4.69, 9.17) is 5.11 Å². The zero-order valence-electron chi connectivity index (χ0n) is 8.48. The minimum Gasteiger partial charge on any atom is -0.480 e. The zero-order valence-corrected chi connectivity index (χ0v) is 10.9. The van der Waals surface area contributed by atoms with Gasteiger partial charge in [-0.05, 0) is 23.8 Å². The van der Waals surface area contributed by atoms with Gasteiger partial charge in [0.2, 0.25) is 10.0 Å². The molecule has 8 heteroatoms. The molecule has 0 unspecified atom stereocenters. The second kappa shape index (κ2) is 5.56. The molecule has 0 aliphatic carbocycles. The van der Waals surface area contributed by atoms with Gasteiger partial charge in [0.25, 0.3) is 0 Å². The highest BCUT2D eigenvalue weighted by Gasteiger charge is 2.15. The van der Waals surface area contributed by atoms with Gasteiger partial charge in [-0.2, -0.15) is 0 Å². The summed E-state index contributed by atoms with van der Waals surface area (Å²) in [7, 11) is -3.90. The third-order valence-corrected chi connectivity index (χ3v) is 3.79. The van der Waals surface area contributed by atoms with Crippen molar-refractivity contribution in [1.29, 1.82) is 0 Å². The second-order valence-electron chi connectivity index (χ2n) is 3.21. The van der Waals surface area contributed by atoms with E-state index in [9.17, 15) is 17.6 Å². The molecule has 0 aliphatic rings. The van der Waals surface area contributed by atoms with Crippen LogP contribution in [0.5, 0.6) is 0 Å². The molecule has 17 heavy (non-hydrogen) atoms. The molecule has 5 nitrogen and oxygen atoms in total. The highest BCUT2D eigenvalue weighted by molar-refractivity contribution is 9.10. The summed E-state index contributed by atoms with van der Waals surface area (Å²) in [6.45, 7) is -0.173. The highest BCUT2D eigenvalue weighted by atomic mass is 79.9. The van der Waals surface area contributed by atoms with Gasteiger partial charge in [-0.1, -0.05) is 15.9 Å². The zero-order chi connectivity index (χ0) is 13.1. The van der Waals surface area contributed by atoms with Crippen LogP contribution in [0.25, 0.3) is 0 Å². The third-order valence-electron chi connectivity index (χ3n) is 1.80. The first-order valence-electron chi connectivity index (χ1n) is 4.43. The Morgan fingerprint density at radius 3 is 2.71 bits per heavy atom. The first-order valence-corrected chi connectivity index (χ1v) is 6.88. The molecule has 0 spiro atoms. The van der Waals surface area contributed by atoms with E-state index in [1.54, 1.807) is 0 Å². The van der Waals surface area contributed by atoms with Gasteiger partial charge in [0.05, 0.1) is 0 Å². The number of carboxylic acids is 1. The molecule has 0 atom stereocenters. The molecular weight excluding hydrogens is 317 g/mol. The molecule has 2 N–H and O–H groups in total. The van der Waals surface area contributed by atoms with Crippen LogP contribution in [0.2, 0.25) is 0 Å². The Kier molecular flexibility index (Phi) is 4.61. The molecule has 0 amide bonds. The van der Waals surface area contributed by atoms with Crippen molar-refractivity contribution < 1.29 is 22.7 Å². The van der Waals surface area contributed by atoms with Gasteiger partial charge in [0.1, 0.15) is 5.82 Å². The van der Waals surface area contributed by atoms with Crippen LogP contribution >= 0.6 is 15.9 Å². The Morgan fingerprint density at radius 1 is 1.47 bits per heavy atom. The lowest BCUT2D eigenvalue weighted by atomic mass is 10.2. The number of hydrogen-bond acceptors (Lipinski definition) is 3. The van der Waals surface area contributed by atoms with Gasteiger partial charge in [0.15, 0.2) is 5.75 Å². The van der Waals surface area contributed by atoms with Crippen molar-refractivity contribution >= 4 is 31.9 Å². The minimum atomic E-state index is -3.90. The summed E-state index contributed by atoms with van der Waals surface area (Å²) in [6, 6.07) is 3.82. The molecule has 1 rings (SSSR count). The number of rotatable bonds is 5. The monoisotopic (exact) mass is 325 g/mol. The van der Waals surface area contributed by atoms with Gasteiger partial charge in [-0.15, -0.1) is 0 Å². The number of carboxylic acid groups (broad SMARTS) is 1. The lowest BCUT2D eigenvalue weighted by Crippen LogP contribution is -2.29. The topological polar surface area (TPSA) is 83.5 Å². The van der Waals surface area contributed by atoms with Crippen LogP contribution in [0.4, 0.5) is 4.39 Å². The van der Waals surface area contributed by atoms with Gasteiger partial charge in [-0.3, -0.25) is 4.79 Å². The first-order chi connectivity index (χ1) is 7.80. The largest absolute Gasteiger partial charge is 0.480 e. The van der Waals surface area contributed by atoms with Crippen LogP contribution in [0.3, 0.4) is 0 Å². The Balaban J connectivity index is 2.74. The number of carbonyl (C=O) groups is 1. The molecule has 94 valence electrons. The Bertz CT molecular complexity index is 532. The molecular formula is C9H9BrFNO4S. The number of sulfonamides is 1. The first kappa shape index (κ1) is 14.1. The summed E-state index contributed by atoms with van der Waals surface area (Å²) in [5, 5.41) is 8.36. The maximum Gasteiger partial charge on any atom is 0.320 e. The number of halogens is 2. The fraction of sp³-hybridized carbons (Fsp3) is 0.222. The smallest absolute Gasteiger partial charge is 0.320 e. The standard InChI is InChI=1S/C9H9BrFNO4S/c10-8-2-1-7(11)3-6(8)4-12-17(15,16)5-9(13)14/h1-3,12H,4-5H2,(H,13,14). The summed E-state index contributed by atoms with van der Waals surface area (Å²) in [5.74, 6) is -2.96. The van der Waals surface area contributed by atoms with Crippen LogP contribution in [-0.4, -0.2) is 25.2 Å². The number of nitrogens with one attached hydrogen (secondary N) is 1. The molecule has 0 aromatic heterocycles. The van der Waals surface area contributed by atoms with E-state index in [1.807, 2.05) is 0 Å². The summed E-state index contributed by atoms with van der Waals surface area (Å²) >= 11 is 3.13. The van der Waals surface area contributed by atoms with Gasteiger partial charge < -0.3 is 5.11 Å². The molecule has 0 heterocycles. The van der Waals surface area contributed by atoms with Crippen molar-refractivity contribution in [2.45, 2.75) is 6.54 Å². The Labute approximate surface area is 106 Å². The molecule has 0 bridgehead atoms. The van der Waals surface area contributed by atoms with E-state index in [-0.39, 0.29) is 6.54 Å². The summed E-state index contributed by atoms with van der Waals surface area (Å²) in [6.07, 6.45) is 0. The fourth-order valence-corrected chi connectivity index (χ4v) is 2.27. The lowest BCUT2D eigenvalue weighted by molar-refractivity contribution is -0.134. The van der Waals surface area contributed by atoms with E-state index in [0.29, 0.717) is 10.0 Å². The van der Waals surface area contributed by atoms with Crippen molar-refractivity contribution in [1.82, 2.24) is 4.72 Å². The van der Waals surface area contributed by atoms with Crippen LogP contribution in [0.15, 0.2) is 22.7 Å². The number of benzene rings is 1. The molecule has 1 aromatic carbocycles. The van der Waals surface area contributed by atoms with E-state index in [2.05, 4.69) is 20.7 Å². The highest BCUT2D eigenvalue weighted by Crippen LogP contribution is 2.17. The predicted molar refractivity (Wildman–Crippen MR) is 62.4 cm³/mol. The van der Waals surface area contributed by atoms with Crippen molar-refractivity contribution in [3.63, 3.8) is 0 Å². The van der Waals surface area contributed by atoms with Gasteiger partial charge >= 0.3 is 5.97 Å². The second-order valence-corrected chi connectivity index (χ2v) is 5.87. The maximum absolute atomic E-state index is 12.9. The summed E-state index contributed by atoms with van der Waals surface area (Å²) < 4.78 is 37.9. The van der Waals surface area contributed by atoms with Crippen LogP contribution in [0, 0.1) is 5.82 Å². The van der Waals surface area contributed by atoms with E-state index < -0.39 is 27.6 Å². The number of aliphatic carboxylic acids is 1. The van der Waals surface area contributed by atoms with Crippen molar-refractivity contribution in [2.75, 3.05) is 5.75 Å². The van der Waals surface area contributed by atoms with Crippen LogP contribution in [-0.2, 0) is 21.4 Å². The average molecular weight is 326 g/mol. The van der Waals surface area contributed by atoms with E-state index in [1.165, 1.54) is 12.1 Å². The van der Waals surface area contributed by atoms with Crippen LogP contribution < -0.4 is 4.72 Å². The maximum atomic E-state index is 12.9. The van der Waals surface area contributed by atoms with Crippen molar-refractivity contribution in [3.8, 4) is 0 Å². The van der Waals surface area contributed by atoms with Crippen molar-refractivity contribution in [2.24, 2.45) is 0 Å². The predicted octanol–water partition coefficient (Wildman–Crippen LogP) is 1.09. The summed E-state index contributed by atoms with van der Waals surface area (Å²) in [4.78, 5) is 10.3. The van der Waals surface area contributed by atoms with Gasteiger partial charge in [0, 0.05) is 11.0 Å². The fourth-order valence-electron chi connectivity index (χ4n) is 1.08. The number of hydrogen-bond donors (Lipinski definition) is 2. The van der Waals surface area contributed by atoms with E-state index >= 15 is 0 Å². The normalized spacial score (nSPS) is 11.4. The quantitative estimate of drug-likeness (QED) is 0.848. The molecule has 0 radical (unpaired) electrons. The van der Waals surface area contributed by atoms with Gasteiger partial charge in [-0.25, -0.2) is 17.5 Å². The molecule has 1 aromatic rings. The molecule has 0 aliphatic heterocycles. The lowest BCUT2D eigenvalue weighted by Gasteiger charge is -2.06. The van der Waals surface area contributed by atoms with E-state index in [0.717, 1.165) is 6.07 Å².